The van der Waals surface area contributed by atoms with Crippen molar-refractivity contribution in [3.63, 3.8) is 0 Å². The molecule has 1 N–H and O–H groups in total. The Balaban J connectivity index is 2.29. The zero-order valence-corrected chi connectivity index (χ0v) is 15.5. The van der Waals surface area contributed by atoms with Gasteiger partial charge in [0.15, 0.2) is 0 Å². The highest BCUT2D eigenvalue weighted by molar-refractivity contribution is 4.78. The average Bonchev–Trinajstić information content (AvgIpc) is 2.56. The lowest BCUT2D eigenvalue weighted by Gasteiger charge is -2.33. The molecule has 1 nitrogen and oxygen atoms in total. The van der Waals surface area contributed by atoms with Crippen molar-refractivity contribution in [3.05, 3.63) is 0 Å². The Morgan fingerprint density at radius 2 is 1.23 bits per heavy atom. The summed E-state index contributed by atoms with van der Waals surface area (Å²) in [7, 11) is 0. The van der Waals surface area contributed by atoms with E-state index in [9.17, 15) is 5.11 Å². The van der Waals surface area contributed by atoms with Gasteiger partial charge in [0.1, 0.15) is 0 Å². The van der Waals surface area contributed by atoms with Gasteiger partial charge in [0.2, 0.25) is 0 Å². The summed E-state index contributed by atoms with van der Waals surface area (Å²) in [4.78, 5) is 0. The van der Waals surface area contributed by atoms with Crippen molar-refractivity contribution >= 4 is 0 Å². The molecule has 1 saturated carbocycles. The van der Waals surface area contributed by atoms with Gasteiger partial charge in [-0.15, -0.1) is 0 Å². The standard InChI is InChI=1S/C21H42O/c1-3-5-7-9-11-13-20(12-10-8-6-4-2)21-16-14-19(18-22)15-17-21/h19-22H,3-18H2,1-2H3/t19-,20?,21+. The third-order valence-electron chi connectivity index (χ3n) is 5.92. The summed E-state index contributed by atoms with van der Waals surface area (Å²) in [6.45, 7) is 5.03. The quantitative estimate of drug-likeness (QED) is 0.374. The van der Waals surface area contributed by atoms with E-state index in [0.717, 1.165) is 11.8 Å². The van der Waals surface area contributed by atoms with E-state index >= 15 is 0 Å². The molecule has 0 aromatic rings. The van der Waals surface area contributed by atoms with Gasteiger partial charge in [0, 0.05) is 6.61 Å². The molecular formula is C21H42O. The molecule has 1 heteroatoms. The molecule has 1 atom stereocenters. The number of rotatable bonds is 13. The minimum atomic E-state index is 0.422. The topological polar surface area (TPSA) is 20.2 Å². The molecule has 1 unspecified atom stereocenters. The maximum Gasteiger partial charge on any atom is 0.0459 e. The summed E-state index contributed by atoms with van der Waals surface area (Å²) in [6.07, 6.45) is 21.1. The lowest BCUT2D eigenvalue weighted by molar-refractivity contribution is 0.133. The molecule has 22 heavy (non-hydrogen) atoms. The van der Waals surface area contributed by atoms with E-state index in [4.69, 9.17) is 0 Å². The van der Waals surface area contributed by atoms with Crippen LogP contribution in [-0.2, 0) is 0 Å². The van der Waals surface area contributed by atoms with Gasteiger partial charge in [0.25, 0.3) is 0 Å². The largest absolute Gasteiger partial charge is 0.396 e. The lowest BCUT2D eigenvalue weighted by Crippen LogP contribution is -2.23. The molecule has 1 fully saturated rings. The van der Waals surface area contributed by atoms with Crippen LogP contribution in [0.1, 0.15) is 110 Å². The second kappa shape index (κ2) is 13.4. The van der Waals surface area contributed by atoms with Crippen molar-refractivity contribution in [2.45, 2.75) is 110 Å². The molecule has 0 heterocycles. The zero-order valence-electron chi connectivity index (χ0n) is 15.5. The van der Waals surface area contributed by atoms with E-state index in [1.54, 1.807) is 0 Å². The van der Waals surface area contributed by atoms with E-state index in [1.807, 2.05) is 0 Å². The Bertz CT molecular complexity index is 230. The van der Waals surface area contributed by atoms with Crippen molar-refractivity contribution in [3.8, 4) is 0 Å². The zero-order chi connectivity index (χ0) is 16.0. The number of hydrogen-bond donors (Lipinski definition) is 1. The first kappa shape index (κ1) is 20.0. The minimum absolute atomic E-state index is 0.422. The van der Waals surface area contributed by atoms with Gasteiger partial charge in [-0.3, -0.25) is 0 Å². The maximum absolute atomic E-state index is 9.34. The van der Waals surface area contributed by atoms with Crippen LogP contribution < -0.4 is 0 Å². The summed E-state index contributed by atoms with van der Waals surface area (Å²) in [5.41, 5.74) is 0. The monoisotopic (exact) mass is 310 g/mol. The summed E-state index contributed by atoms with van der Waals surface area (Å²) in [5.74, 6) is 2.57. The molecule has 1 aliphatic rings. The highest BCUT2D eigenvalue weighted by Gasteiger charge is 2.26. The second-order valence-electron chi connectivity index (χ2n) is 7.78. The van der Waals surface area contributed by atoms with Gasteiger partial charge in [-0.25, -0.2) is 0 Å². The summed E-state index contributed by atoms with van der Waals surface area (Å²) in [6, 6.07) is 0. The molecule has 0 aromatic carbocycles. The van der Waals surface area contributed by atoms with Crippen molar-refractivity contribution in [1.82, 2.24) is 0 Å². The van der Waals surface area contributed by atoms with Gasteiger partial charge in [-0.05, 0) is 43.4 Å². The van der Waals surface area contributed by atoms with E-state index in [1.165, 1.54) is 96.3 Å². The fraction of sp³-hybridized carbons (Fsp3) is 1.00. The Kier molecular flexibility index (Phi) is 12.2. The molecule has 0 spiro atoms. The van der Waals surface area contributed by atoms with Gasteiger partial charge in [-0.1, -0.05) is 84.5 Å². The summed E-state index contributed by atoms with van der Waals surface area (Å²) >= 11 is 0. The Hall–Kier alpha value is -0.0400. The van der Waals surface area contributed by atoms with E-state index < -0.39 is 0 Å². The predicted octanol–water partition coefficient (Wildman–Crippen LogP) is 6.73. The Labute approximate surface area is 140 Å². The molecule has 1 aliphatic carbocycles. The summed E-state index contributed by atoms with van der Waals surface area (Å²) in [5, 5.41) is 9.34. The first-order valence-electron chi connectivity index (χ1n) is 10.4. The molecule has 132 valence electrons. The highest BCUT2D eigenvalue weighted by Crippen LogP contribution is 2.37. The average molecular weight is 311 g/mol. The van der Waals surface area contributed by atoms with E-state index in [2.05, 4.69) is 13.8 Å². The van der Waals surface area contributed by atoms with Crippen LogP contribution in [0, 0.1) is 17.8 Å². The molecule has 1 rings (SSSR count). The molecule has 0 aliphatic heterocycles. The van der Waals surface area contributed by atoms with Gasteiger partial charge >= 0.3 is 0 Å². The maximum atomic E-state index is 9.34. The first-order chi connectivity index (χ1) is 10.8. The third kappa shape index (κ3) is 8.56. The second-order valence-corrected chi connectivity index (χ2v) is 7.78. The first-order valence-corrected chi connectivity index (χ1v) is 10.4. The lowest BCUT2D eigenvalue weighted by atomic mass is 9.73. The van der Waals surface area contributed by atoms with Crippen LogP contribution in [0.15, 0.2) is 0 Å². The third-order valence-corrected chi connectivity index (χ3v) is 5.92. The number of hydrogen-bond acceptors (Lipinski definition) is 1. The fourth-order valence-electron chi connectivity index (χ4n) is 4.30. The van der Waals surface area contributed by atoms with Crippen LogP contribution in [0.5, 0.6) is 0 Å². The normalized spacial score (nSPS) is 23.6. The van der Waals surface area contributed by atoms with Crippen LogP contribution in [0.25, 0.3) is 0 Å². The van der Waals surface area contributed by atoms with Gasteiger partial charge < -0.3 is 5.11 Å². The van der Waals surface area contributed by atoms with Crippen molar-refractivity contribution < 1.29 is 5.11 Å². The SMILES string of the molecule is CCCCCCCC(CCCCCC)[C@H]1CC[C@@H](CO)CC1. The number of aliphatic hydroxyl groups excluding tert-OH is 1. The Morgan fingerprint density at radius 1 is 0.727 bits per heavy atom. The molecule has 0 bridgehead atoms. The van der Waals surface area contributed by atoms with Crippen LogP contribution >= 0.6 is 0 Å². The minimum Gasteiger partial charge on any atom is -0.396 e. The molecule has 0 amide bonds. The fourth-order valence-corrected chi connectivity index (χ4v) is 4.30. The predicted molar refractivity (Wildman–Crippen MR) is 98.2 cm³/mol. The van der Waals surface area contributed by atoms with Gasteiger partial charge in [-0.2, -0.15) is 0 Å². The molecule has 0 saturated heterocycles. The summed E-state index contributed by atoms with van der Waals surface area (Å²) < 4.78 is 0. The van der Waals surface area contributed by atoms with Crippen molar-refractivity contribution in [1.29, 1.82) is 0 Å². The van der Waals surface area contributed by atoms with Crippen LogP contribution in [0.2, 0.25) is 0 Å². The number of aliphatic hydroxyl groups is 1. The smallest absolute Gasteiger partial charge is 0.0459 e. The van der Waals surface area contributed by atoms with Crippen LogP contribution in [0.3, 0.4) is 0 Å². The highest BCUT2D eigenvalue weighted by atomic mass is 16.3. The van der Waals surface area contributed by atoms with Crippen molar-refractivity contribution in [2.75, 3.05) is 6.61 Å². The van der Waals surface area contributed by atoms with Crippen LogP contribution in [0.4, 0.5) is 0 Å². The van der Waals surface area contributed by atoms with Gasteiger partial charge in [0.05, 0.1) is 0 Å². The van der Waals surface area contributed by atoms with Crippen LogP contribution in [-0.4, -0.2) is 11.7 Å². The van der Waals surface area contributed by atoms with Crippen molar-refractivity contribution in [2.24, 2.45) is 17.8 Å². The Morgan fingerprint density at radius 3 is 1.73 bits per heavy atom. The van der Waals surface area contributed by atoms with E-state index in [-0.39, 0.29) is 0 Å². The molecular weight excluding hydrogens is 268 g/mol. The molecule has 0 aromatic heterocycles. The number of unbranched alkanes of at least 4 members (excludes halogenated alkanes) is 7. The molecule has 0 radical (unpaired) electrons. The van der Waals surface area contributed by atoms with E-state index in [0.29, 0.717) is 12.5 Å².